The summed E-state index contributed by atoms with van der Waals surface area (Å²) in [5.74, 6) is -0.364. The minimum absolute atomic E-state index is 0.0270. The molecule has 0 aromatic heterocycles. The average Bonchev–Trinajstić information content (AvgIpc) is 3.35. The minimum Gasteiger partial charge on any atom is -0.341 e. The van der Waals surface area contributed by atoms with Crippen LogP contribution in [0.25, 0.3) is 0 Å². The first-order valence-electron chi connectivity index (χ1n) is 10.6. The van der Waals surface area contributed by atoms with E-state index in [9.17, 15) is 13.2 Å². The third-order valence-electron chi connectivity index (χ3n) is 5.78. The number of hydrogen-bond donors (Lipinski definition) is 1. The van der Waals surface area contributed by atoms with Crippen LogP contribution in [0.3, 0.4) is 0 Å². The van der Waals surface area contributed by atoms with E-state index in [4.69, 9.17) is 11.6 Å². The van der Waals surface area contributed by atoms with Crippen LogP contribution >= 0.6 is 11.6 Å². The van der Waals surface area contributed by atoms with Crippen LogP contribution in [0.5, 0.6) is 0 Å². The molecule has 1 aliphatic heterocycles. The Bertz CT molecular complexity index is 1220. The monoisotopic (exact) mass is 468 g/mol. The quantitative estimate of drug-likeness (QED) is 0.556. The van der Waals surface area contributed by atoms with Crippen molar-refractivity contribution in [3.8, 4) is 0 Å². The van der Waals surface area contributed by atoms with Crippen LogP contribution in [0, 0.1) is 6.92 Å². The van der Waals surface area contributed by atoms with Crippen molar-refractivity contribution in [2.45, 2.75) is 30.7 Å². The fourth-order valence-electron chi connectivity index (χ4n) is 4.02. The molecule has 1 heterocycles. The van der Waals surface area contributed by atoms with E-state index in [1.54, 1.807) is 6.07 Å². The van der Waals surface area contributed by atoms with Gasteiger partial charge in [-0.15, -0.1) is 0 Å². The number of amides is 1. The van der Waals surface area contributed by atoms with Gasteiger partial charge in [0.05, 0.1) is 11.1 Å². The Hall–Kier alpha value is -2.67. The molecule has 0 spiro atoms. The molecule has 1 amide bonds. The fraction of sp³-hybridized carbons (Fsp3) is 0.240. The predicted molar refractivity (Wildman–Crippen MR) is 126 cm³/mol. The van der Waals surface area contributed by atoms with Crippen molar-refractivity contribution in [3.63, 3.8) is 0 Å². The smallest absolute Gasteiger partial charge is 0.252 e. The number of benzene rings is 3. The van der Waals surface area contributed by atoms with Gasteiger partial charge in [-0.1, -0.05) is 66.2 Å². The summed E-state index contributed by atoms with van der Waals surface area (Å²) in [4.78, 5) is 13.2. The summed E-state index contributed by atoms with van der Waals surface area (Å²) in [6, 6.07) is 21.6. The van der Waals surface area contributed by atoms with Crippen molar-refractivity contribution >= 4 is 27.5 Å². The summed E-state index contributed by atoms with van der Waals surface area (Å²) in [5.41, 5.74) is 3.22. The Morgan fingerprint density at radius 1 is 0.969 bits per heavy atom. The molecule has 32 heavy (non-hydrogen) atoms. The first-order valence-corrected chi connectivity index (χ1v) is 12.4. The summed E-state index contributed by atoms with van der Waals surface area (Å²) < 4.78 is 27.5. The molecule has 1 atom stereocenters. The summed E-state index contributed by atoms with van der Waals surface area (Å²) in [5, 5.41) is 3.20. The van der Waals surface area contributed by atoms with Gasteiger partial charge in [-0.25, -0.2) is 8.42 Å². The molecule has 166 valence electrons. The van der Waals surface area contributed by atoms with Crippen LogP contribution in [0.2, 0.25) is 5.02 Å². The zero-order valence-electron chi connectivity index (χ0n) is 17.8. The van der Waals surface area contributed by atoms with Crippen LogP contribution < -0.4 is 5.32 Å². The first-order chi connectivity index (χ1) is 15.4. The van der Waals surface area contributed by atoms with E-state index in [2.05, 4.69) is 5.32 Å². The number of sulfonamides is 1. The van der Waals surface area contributed by atoms with Gasteiger partial charge in [0.2, 0.25) is 10.0 Å². The van der Waals surface area contributed by atoms with E-state index in [1.807, 2.05) is 61.5 Å². The minimum atomic E-state index is -3.74. The van der Waals surface area contributed by atoms with Crippen molar-refractivity contribution in [1.29, 1.82) is 0 Å². The zero-order valence-corrected chi connectivity index (χ0v) is 19.4. The molecule has 1 fully saturated rings. The van der Waals surface area contributed by atoms with Gasteiger partial charge in [0.25, 0.3) is 5.91 Å². The van der Waals surface area contributed by atoms with Gasteiger partial charge in [0.1, 0.15) is 4.90 Å². The molecule has 5 nitrogen and oxygen atoms in total. The van der Waals surface area contributed by atoms with E-state index in [1.165, 1.54) is 16.4 Å². The number of hydrogen-bond acceptors (Lipinski definition) is 3. The molecule has 4 rings (SSSR count). The number of nitrogens with one attached hydrogen (secondary N) is 1. The Morgan fingerprint density at radius 2 is 1.62 bits per heavy atom. The number of aryl methyl sites for hydroxylation is 1. The Balaban J connectivity index is 1.68. The number of rotatable bonds is 6. The van der Waals surface area contributed by atoms with Gasteiger partial charge in [-0.3, -0.25) is 4.79 Å². The second kappa shape index (κ2) is 9.45. The largest absolute Gasteiger partial charge is 0.341 e. The maximum absolute atomic E-state index is 13.3. The third kappa shape index (κ3) is 4.58. The van der Waals surface area contributed by atoms with E-state index in [0.717, 1.165) is 29.5 Å². The van der Waals surface area contributed by atoms with Crippen LogP contribution in [0.1, 0.15) is 45.9 Å². The highest BCUT2D eigenvalue weighted by atomic mass is 35.5. The van der Waals surface area contributed by atoms with Crippen molar-refractivity contribution in [2.75, 3.05) is 13.1 Å². The van der Waals surface area contributed by atoms with Crippen molar-refractivity contribution in [3.05, 3.63) is 100 Å². The Labute approximate surface area is 194 Å². The van der Waals surface area contributed by atoms with E-state index in [-0.39, 0.29) is 27.4 Å². The number of nitrogens with zero attached hydrogens (tertiary/aromatic N) is 1. The lowest BCUT2D eigenvalue weighted by molar-refractivity contribution is 0.0942. The molecule has 1 N–H and O–H groups in total. The van der Waals surface area contributed by atoms with Crippen LogP contribution in [0.15, 0.2) is 77.7 Å². The van der Waals surface area contributed by atoms with Crippen molar-refractivity contribution in [1.82, 2.24) is 9.62 Å². The average molecular weight is 469 g/mol. The van der Waals surface area contributed by atoms with Gasteiger partial charge in [-0.2, -0.15) is 4.31 Å². The SMILES string of the molecule is Cc1ccccc1[C@@H](NC(=O)c1ccc(Cl)c(S(=O)(=O)N2CCCC2)c1)c1ccccc1. The Morgan fingerprint density at radius 3 is 2.31 bits per heavy atom. The number of carbonyl (C=O) groups is 1. The second-order valence-corrected chi connectivity index (χ2v) is 10.2. The van der Waals surface area contributed by atoms with Crippen molar-refractivity contribution < 1.29 is 13.2 Å². The highest BCUT2D eigenvalue weighted by molar-refractivity contribution is 7.89. The topological polar surface area (TPSA) is 66.5 Å². The van der Waals surface area contributed by atoms with Crippen molar-refractivity contribution in [2.24, 2.45) is 0 Å². The molecule has 0 aliphatic carbocycles. The maximum Gasteiger partial charge on any atom is 0.252 e. The molecular weight excluding hydrogens is 444 g/mol. The van der Waals surface area contributed by atoms with Crippen LogP contribution in [-0.2, 0) is 10.0 Å². The first kappa shape index (κ1) is 22.5. The zero-order chi connectivity index (χ0) is 22.7. The summed E-state index contributed by atoms with van der Waals surface area (Å²) >= 11 is 6.24. The molecule has 0 bridgehead atoms. The molecule has 3 aromatic carbocycles. The molecule has 0 unspecified atom stereocenters. The van der Waals surface area contributed by atoms with Crippen LogP contribution in [0.4, 0.5) is 0 Å². The highest BCUT2D eigenvalue weighted by Crippen LogP contribution is 2.29. The van der Waals surface area contributed by atoms with Gasteiger partial charge < -0.3 is 5.32 Å². The summed E-state index contributed by atoms with van der Waals surface area (Å²) in [7, 11) is -3.74. The lowest BCUT2D eigenvalue weighted by Gasteiger charge is -2.22. The Kier molecular flexibility index (Phi) is 6.65. The molecule has 3 aromatic rings. The summed E-state index contributed by atoms with van der Waals surface area (Å²) in [6.07, 6.45) is 1.65. The van der Waals surface area contributed by atoms with Gasteiger partial charge >= 0.3 is 0 Å². The predicted octanol–water partition coefficient (Wildman–Crippen LogP) is 4.95. The second-order valence-electron chi connectivity index (χ2n) is 7.93. The maximum atomic E-state index is 13.3. The van der Waals surface area contributed by atoms with E-state index >= 15 is 0 Å². The lowest BCUT2D eigenvalue weighted by Crippen LogP contribution is -2.31. The van der Waals surface area contributed by atoms with Crippen LogP contribution in [-0.4, -0.2) is 31.7 Å². The highest BCUT2D eigenvalue weighted by Gasteiger charge is 2.30. The fourth-order valence-corrected chi connectivity index (χ4v) is 6.04. The standard InChI is InChI=1S/C25H25ClN2O3S/c1-18-9-5-6-12-21(18)24(19-10-3-2-4-11-19)27-25(29)20-13-14-22(26)23(17-20)32(30,31)28-15-7-8-16-28/h2-6,9-14,17,24H,7-8,15-16H2,1H3,(H,27,29)/t24-/m0/s1. The van der Waals surface area contributed by atoms with E-state index in [0.29, 0.717) is 13.1 Å². The van der Waals surface area contributed by atoms with Gasteiger partial charge in [-0.05, 0) is 54.7 Å². The van der Waals surface area contributed by atoms with E-state index < -0.39 is 10.0 Å². The van der Waals surface area contributed by atoms with Gasteiger partial charge in [0.15, 0.2) is 0 Å². The molecule has 0 saturated carbocycles. The molecule has 1 aliphatic rings. The third-order valence-corrected chi connectivity index (χ3v) is 8.16. The normalized spacial score (nSPS) is 15.4. The molecule has 0 radical (unpaired) electrons. The molecular formula is C25H25ClN2O3S. The summed E-state index contributed by atoms with van der Waals surface area (Å²) in [6.45, 7) is 2.94. The van der Waals surface area contributed by atoms with Gasteiger partial charge in [0, 0.05) is 18.7 Å². The molecule has 7 heteroatoms. The number of carbonyl (C=O) groups excluding carboxylic acids is 1. The number of halogens is 1. The lowest BCUT2D eigenvalue weighted by atomic mass is 9.94. The molecule has 1 saturated heterocycles.